The maximum atomic E-state index is 13.7. The van der Waals surface area contributed by atoms with Crippen LogP contribution in [0.1, 0.15) is 25.3 Å². The van der Waals surface area contributed by atoms with E-state index in [9.17, 15) is 17.2 Å². The van der Waals surface area contributed by atoms with Crippen molar-refractivity contribution >= 4 is 15.7 Å². The number of nitrogens with one attached hydrogen (secondary N) is 1. The quantitative estimate of drug-likeness (QED) is 0.869. The van der Waals surface area contributed by atoms with E-state index in [0.29, 0.717) is 11.8 Å². The molecule has 118 valence electrons. The second-order valence-electron chi connectivity index (χ2n) is 4.94. The lowest BCUT2D eigenvalue weighted by atomic mass is 10.1. The van der Waals surface area contributed by atoms with Gasteiger partial charge in [-0.1, -0.05) is 31.5 Å². The lowest BCUT2D eigenvalue weighted by Crippen LogP contribution is -2.16. The van der Waals surface area contributed by atoms with Crippen molar-refractivity contribution in [2.75, 3.05) is 4.72 Å². The van der Waals surface area contributed by atoms with E-state index in [1.54, 1.807) is 12.1 Å². The van der Waals surface area contributed by atoms with E-state index in [1.807, 2.05) is 19.1 Å². The molecule has 3 nitrogen and oxygen atoms in total. The van der Waals surface area contributed by atoms with Gasteiger partial charge in [-0.2, -0.15) is 0 Å². The molecule has 0 aliphatic carbocycles. The minimum atomic E-state index is -4.10. The van der Waals surface area contributed by atoms with Crippen LogP contribution >= 0.6 is 0 Å². The molecule has 0 bridgehead atoms. The second-order valence-corrected chi connectivity index (χ2v) is 6.59. The number of halogens is 2. The Balaban J connectivity index is 2.33. The first-order valence-electron chi connectivity index (χ1n) is 7.00. The average Bonchev–Trinajstić information content (AvgIpc) is 2.45. The van der Waals surface area contributed by atoms with Crippen LogP contribution in [-0.2, 0) is 16.4 Å². The summed E-state index contributed by atoms with van der Waals surface area (Å²) in [5.74, 6) is -1.93. The van der Waals surface area contributed by atoms with Gasteiger partial charge in [-0.15, -0.1) is 0 Å². The molecule has 0 radical (unpaired) electrons. The van der Waals surface area contributed by atoms with Crippen LogP contribution in [0.5, 0.6) is 0 Å². The molecule has 22 heavy (non-hydrogen) atoms. The van der Waals surface area contributed by atoms with Crippen molar-refractivity contribution in [1.29, 1.82) is 0 Å². The number of hydrogen-bond donors (Lipinski definition) is 1. The first-order chi connectivity index (χ1) is 10.4. The summed E-state index contributed by atoms with van der Waals surface area (Å²) in [5.41, 5.74) is 1.26. The first-order valence-corrected chi connectivity index (χ1v) is 8.48. The zero-order chi connectivity index (χ0) is 16.2. The molecule has 0 atom stereocenters. The Kier molecular flexibility index (Phi) is 5.13. The summed E-state index contributed by atoms with van der Waals surface area (Å²) in [6.45, 7) is 2.04. The van der Waals surface area contributed by atoms with Crippen molar-refractivity contribution in [3.05, 3.63) is 59.7 Å². The van der Waals surface area contributed by atoms with Crippen molar-refractivity contribution in [3.8, 4) is 0 Å². The summed E-state index contributed by atoms with van der Waals surface area (Å²) in [6, 6.07) is 9.37. The van der Waals surface area contributed by atoms with Crippen molar-refractivity contribution in [2.24, 2.45) is 0 Å². The van der Waals surface area contributed by atoms with Gasteiger partial charge < -0.3 is 0 Å². The molecule has 0 unspecified atom stereocenters. The van der Waals surface area contributed by atoms with Crippen LogP contribution in [0.2, 0.25) is 0 Å². The molecule has 0 heterocycles. The van der Waals surface area contributed by atoms with E-state index in [2.05, 4.69) is 4.72 Å². The van der Waals surface area contributed by atoms with Crippen LogP contribution in [0.3, 0.4) is 0 Å². The molecule has 0 spiro atoms. The fourth-order valence-corrected chi connectivity index (χ4v) is 3.26. The molecule has 0 fully saturated rings. The standard InChI is InChI=1S/C16H17F2NO2S/c1-2-3-6-12-7-4-5-8-15(12)19-22(20,21)16-10-9-13(17)11-14(16)18/h4-5,7-11,19H,2-3,6H2,1H3. The third-order valence-corrected chi connectivity index (χ3v) is 4.64. The molecule has 2 rings (SSSR count). The highest BCUT2D eigenvalue weighted by molar-refractivity contribution is 7.92. The third-order valence-electron chi connectivity index (χ3n) is 3.24. The molecule has 1 N–H and O–H groups in total. The van der Waals surface area contributed by atoms with E-state index in [1.165, 1.54) is 0 Å². The molecule has 0 aromatic heterocycles. The number of sulfonamides is 1. The zero-order valence-electron chi connectivity index (χ0n) is 12.1. The summed E-state index contributed by atoms with van der Waals surface area (Å²) in [6.07, 6.45) is 2.62. The highest BCUT2D eigenvalue weighted by Gasteiger charge is 2.20. The number of hydrogen-bond acceptors (Lipinski definition) is 2. The smallest absolute Gasteiger partial charge is 0.264 e. The van der Waals surface area contributed by atoms with E-state index in [-0.39, 0.29) is 0 Å². The van der Waals surface area contributed by atoms with Crippen LogP contribution in [0.15, 0.2) is 47.4 Å². The molecule has 0 saturated carbocycles. The Hall–Kier alpha value is -1.95. The monoisotopic (exact) mass is 325 g/mol. The molecule has 0 saturated heterocycles. The number of rotatable bonds is 6. The van der Waals surface area contributed by atoms with Crippen LogP contribution in [0.25, 0.3) is 0 Å². The van der Waals surface area contributed by atoms with Crippen LogP contribution in [0, 0.1) is 11.6 Å². The lowest BCUT2D eigenvalue weighted by Gasteiger charge is -2.13. The van der Waals surface area contributed by atoms with Gasteiger partial charge in [0.1, 0.15) is 16.5 Å². The fraction of sp³-hybridized carbons (Fsp3) is 0.250. The topological polar surface area (TPSA) is 46.2 Å². The number of aryl methyl sites for hydroxylation is 1. The Morgan fingerprint density at radius 1 is 1.09 bits per heavy atom. The van der Waals surface area contributed by atoms with Gasteiger partial charge >= 0.3 is 0 Å². The molecule has 6 heteroatoms. The third kappa shape index (κ3) is 3.82. The summed E-state index contributed by atoms with van der Waals surface area (Å²) in [7, 11) is -4.10. The molecular formula is C16H17F2NO2S. The molecule has 2 aromatic carbocycles. The average molecular weight is 325 g/mol. The van der Waals surface area contributed by atoms with Crippen LogP contribution in [-0.4, -0.2) is 8.42 Å². The second kappa shape index (κ2) is 6.87. The van der Waals surface area contributed by atoms with Crippen molar-refractivity contribution in [3.63, 3.8) is 0 Å². The summed E-state index contributed by atoms with van der Waals surface area (Å²) < 4.78 is 53.6. The summed E-state index contributed by atoms with van der Waals surface area (Å²) in [5, 5.41) is 0. The van der Waals surface area contributed by atoms with Gasteiger partial charge in [0.15, 0.2) is 0 Å². The predicted molar refractivity (Wildman–Crippen MR) is 82.2 cm³/mol. The highest BCUT2D eigenvalue weighted by Crippen LogP contribution is 2.23. The van der Waals surface area contributed by atoms with Gasteiger partial charge in [-0.05, 0) is 36.6 Å². The van der Waals surface area contributed by atoms with E-state index in [0.717, 1.165) is 37.0 Å². The van der Waals surface area contributed by atoms with Gasteiger partial charge in [-0.25, -0.2) is 17.2 Å². The number of benzene rings is 2. The summed E-state index contributed by atoms with van der Waals surface area (Å²) >= 11 is 0. The van der Waals surface area contributed by atoms with Gasteiger partial charge in [0, 0.05) is 6.07 Å². The van der Waals surface area contributed by atoms with Crippen LogP contribution in [0.4, 0.5) is 14.5 Å². The largest absolute Gasteiger partial charge is 0.279 e. The predicted octanol–water partition coefficient (Wildman–Crippen LogP) is 4.11. The van der Waals surface area contributed by atoms with Gasteiger partial charge in [0.2, 0.25) is 0 Å². The molecule has 0 amide bonds. The number of anilines is 1. The maximum absolute atomic E-state index is 13.7. The molecule has 0 aliphatic rings. The Labute approximate surface area is 129 Å². The Morgan fingerprint density at radius 2 is 1.82 bits per heavy atom. The van der Waals surface area contributed by atoms with Gasteiger partial charge in [0.25, 0.3) is 10.0 Å². The summed E-state index contributed by atoms with van der Waals surface area (Å²) in [4.78, 5) is -0.570. The van der Waals surface area contributed by atoms with Crippen molar-refractivity contribution in [1.82, 2.24) is 0 Å². The van der Waals surface area contributed by atoms with Gasteiger partial charge in [0.05, 0.1) is 5.69 Å². The number of unbranched alkanes of at least 4 members (excludes halogenated alkanes) is 1. The Bertz CT molecular complexity index is 760. The first kappa shape index (κ1) is 16.4. The lowest BCUT2D eigenvalue weighted by molar-refractivity contribution is 0.551. The highest BCUT2D eigenvalue weighted by atomic mass is 32.2. The SMILES string of the molecule is CCCCc1ccccc1NS(=O)(=O)c1ccc(F)cc1F. The zero-order valence-corrected chi connectivity index (χ0v) is 13.0. The molecule has 2 aromatic rings. The van der Waals surface area contributed by atoms with Crippen LogP contribution < -0.4 is 4.72 Å². The van der Waals surface area contributed by atoms with E-state index >= 15 is 0 Å². The van der Waals surface area contributed by atoms with Crippen molar-refractivity contribution in [2.45, 2.75) is 31.1 Å². The minimum absolute atomic E-state index is 0.416. The van der Waals surface area contributed by atoms with Crippen molar-refractivity contribution < 1.29 is 17.2 Å². The maximum Gasteiger partial charge on any atom is 0.264 e. The van der Waals surface area contributed by atoms with E-state index < -0.39 is 26.6 Å². The minimum Gasteiger partial charge on any atom is -0.279 e. The molecular weight excluding hydrogens is 308 g/mol. The van der Waals surface area contributed by atoms with E-state index in [4.69, 9.17) is 0 Å². The number of para-hydroxylation sites is 1. The normalized spacial score (nSPS) is 11.4. The Morgan fingerprint density at radius 3 is 2.50 bits per heavy atom. The van der Waals surface area contributed by atoms with Gasteiger partial charge in [-0.3, -0.25) is 4.72 Å². The molecule has 0 aliphatic heterocycles. The fourth-order valence-electron chi connectivity index (χ4n) is 2.10.